The van der Waals surface area contributed by atoms with Crippen molar-refractivity contribution in [1.29, 1.82) is 0 Å². The predicted molar refractivity (Wildman–Crippen MR) is 130 cm³/mol. The molecule has 4 rings (SSSR count). The van der Waals surface area contributed by atoms with Crippen LogP contribution in [-0.4, -0.2) is 5.91 Å². The molecule has 1 amide bonds. The maximum absolute atomic E-state index is 13.1. The molecule has 0 atom stereocenters. The molecule has 0 N–H and O–H groups in total. The van der Waals surface area contributed by atoms with E-state index in [4.69, 9.17) is 4.74 Å². The zero-order valence-corrected chi connectivity index (χ0v) is 17.8. The lowest BCUT2D eigenvalue weighted by molar-refractivity contribution is -0.114. The predicted octanol–water partition coefficient (Wildman–Crippen LogP) is 6.51. The Labute approximate surface area is 189 Å². The van der Waals surface area contributed by atoms with E-state index in [1.807, 2.05) is 121 Å². The van der Waals surface area contributed by atoms with Crippen molar-refractivity contribution in [2.45, 2.75) is 13.2 Å². The topological polar surface area (TPSA) is 29.5 Å². The molecule has 0 aromatic heterocycles. The van der Waals surface area contributed by atoms with Crippen molar-refractivity contribution in [2.75, 3.05) is 4.90 Å². The molecule has 0 heterocycles. The van der Waals surface area contributed by atoms with Gasteiger partial charge in [-0.05, 0) is 47.0 Å². The summed E-state index contributed by atoms with van der Waals surface area (Å²) in [4.78, 5) is 14.8. The summed E-state index contributed by atoms with van der Waals surface area (Å²) in [5.74, 6) is 0.733. The second-order valence-electron chi connectivity index (χ2n) is 7.42. The van der Waals surface area contributed by atoms with E-state index in [9.17, 15) is 4.79 Å². The van der Waals surface area contributed by atoms with E-state index in [-0.39, 0.29) is 5.91 Å². The van der Waals surface area contributed by atoms with Crippen LogP contribution in [0.3, 0.4) is 0 Å². The lowest BCUT2D eigenvalue weighted by Crippen LogP contribution is -2.28. The van der Waals surface area contributed by atoms with Gasteiger partial charge >= 0.3 is 0 Å². The Morgan fingerprint density at radius 1 is 0.688 bits per heavy atom. The third-order valence-electron chi connectivity index (χ3n) is 5.06. The fraction of sp³-hybridized carbons (Fsp3) is 0.0690. The van der Waals surface area contributed by atoms with Crippen LogP contribution in [0.15, 0.2) is 121 Å². The lowest BCUT2D eigenvalue weighted by Gasteiger charge is -2.21. The van der Waals surface area contributed by atoms with Gasteiger partial charge in [-0.15, -0.1) is 0 Å². The zero-order chi connectivity index (χ0) is 22.0. The van der Waals surface area contributed by atoms with Gasteiger partial charge in [-0.25, -0.2) is 0 Å². The first kappa shape index (κ1) is 21.1. The maximum atomic E-state index is 13.1. The third-order valence-corrected chi connectivity index (χ3v) is 5.06. The van der Waals surface area contributed by atoms with Crippen LogP contribution < -0.4 is 9.64 Å². The molecule has 0 bridgehead atoms. The highest BCUT2D eigenvalue weighted by Crippen LogP contribution is 2.19. The Bertz CT molecular complexity index is 1140. The first-order valence-electron chi connectivity index (χ1n) is 10.6. The largest absolute Gasteiger partial charge is 0.489 e. The molecule has 0 saturated carbocycles. The van der Waals surface area contributed by atoms with Crippen LogP contribution in [-0.2, 0) is 17.9 Å². The molecule has 3 nitrogen and oxygen atoms in total. The van der Waals surface area contributed by atoms with E-state index >= 15 is 0 Å². The molecule has 4 aromatic carbocycles. The first-order chi connectivity index (χ1) is 15.8. The number of rotatable bonds is 8. The molecule has 4 aromatic rings. The molecule has 3 heteroatoms. The van der Waals surface area contributed by atoms with Crippen LogP contribution >= 0.6 is 0 Å². The van der Waals surface area contributed by atoms with Gasteiger partial charge in [0, 0.05) is 11.8 Å². The van der Waals surface area contributed by atoms with Gasteiger partial charge in [-0.1, -0.05) is 91.0 Å². The van der Waals surface area contributed by atoms with E-state index in [1.54, 1.807) is 11.0 Å². The first-order valence-corrected chi connectivity index (χ1v) is 10.6. The smallest absolute Gasteiger partial charge is 0.251 e. The number of hydrogen-bond donors (Lipinski definition) is 0. The molecule has 0 saturated heterocycles. The second-order valence-corrected chi connectivity index (χ2v) is 7.42. The fourth-order valence-corrected chi connectivity index (χ4v) is 3.34. The summed E-state index contributed by atoms with van der Waals surface area (Å²) < 4.78 is 5.84. The van der Waals surface area contributed by atoms with Crippen molar-refractivity contribution in [3.05, 3.63) is 138 Å². The maximum Gasteiger partial charge on any atom is 0.251 e. The standard InChI is InChI=1S/C29H25NO2/c31-29(30(27-14-8-3-9-15-27)22-25-10-4-1-5-11-25)21-18-24-16-19-28(20-17-24)32-23-26-12-6-2-7-13-26/h1-21H,22-23H2/b21-18+. The van der Waals surface area contributed by atoms with Crippen molar-refractivity contribution in [1.82, 2.24) is 0 Å². The van der Waals surface area contributed by atoms with Crippen LogP contribution in [0.25, 0.3) is 6.08 Å². The molecular weight excluding hydrogens is 394 g/mol. The number of benzene rings is 4. The van der Waals surface area contributed by atoms with E-state index in [2.05, 4.69) is 0 Å². The molecule has 0 radical (unpaired) electrons. The minimum absolute atomic E-state index is 0.0653. The molecular formula is C29H25NO2. The van der Waals surface area contributed by atoms with Crippen LogP contribution in [0.2, 0.25) is 0 Å². The van der Waals surface area contributed by atoms with Gasteiger partial charge in [0.2, 0.25) is 0 Å². The summed E-state index contributed by atoms with van der Waals surface area (Å²) in [6.45, 7) is 1.04. The highest BCUT2D eigenvalue weighted by molar-refractivity contribution is 6.03. The number of hydrogen-bond acceptors (Lipinski definition) is 2. The third kappa shape index (κ3) is 5.96. The Hall–Kier alpha value is -4.11. The Morgan fingerprint density at radius 3 is 1.88 bits per heavy atom. The van der Waals surface area contributed by atoms with Crippen LogP contribution in [0.4, 0.5) is 5.69 Å². The summed E-state index contributed by atoms with van der Waals surface area (Å²) in [7, 11) is 0. The van der Waals surface area contributed by atoms with Crippen LogP contribution in [0.5, 0.6) is 5.75 Å². The molecule has 0 aliphatic carbocycles. The van der Waals surface area contributed by atoms with Gasteiger partial charge < -0.3 is 9.64 Å². The molecule has 0 unspecified atom stereocenters. The van der Waals surface area contributed by atoms with Crippen molar-refractivity contribution in [3.8, 4) is 5.75 Å². The fourth-order valence-electron chi connectivity index (χ4n) is 3.34. The summed E-state index contributed by atoms with van der Waals surface area (Å²) in [6.07, 6.45) is 3.46. The van der Waals surface area contributed by atoms with Gasteiger partial charge in [0.1, 0.15) is 12.4 Å². The minimum Gasteiger partial charge on any atom is -0.489 e. The SMILES string of the molecule is O=C(/C=C/c1ccc(OCc2ccccc2)cc1)N(Cc1ccccc1)c1ccccc1. The van der Waals surface area contributed by atoms with Gasteiger partial charge in [0.25, 0.3) is 5.91 Å². The molecule has 0 aliphatic heterocycles. The van der Waals surface area contributed by atoms with Gasteiger partial charge in [-0.2, -0.15) is 0 Å². The van der Waals surface area contributed by atoms with E-state index < -0.39 is 0 Å². The normalized spacial score (nSPS) is 10.8. The number of carbonyl (C=O) groups is 1. The Morgan fingerprint density at radius 2 is 1.25 bits per heavy atom. The number of amides is 1. The van der Waals surface area contributed by atoms with Crippen molar-refractivity contribution in [2.24, 2.45) is 0 Å². The highest BCUT2D eigenvalue weighted by Gasteiger charge is 2.13. The number of anilines is 1. The van der Waals surface area contributed by atoms with Gasteiger partial charge in [-0.3, -0.25) is 4.79 Å². The number of carbonyl (C=O) groups excluding carboxylic acids is 1. The average Bonchev–Trinajstić information content (AvgIpc) is 2.87. The number of nitrogens with zero attached hydrogens (tertiary/aromatic N) is 1. The highest BCUT2D eigenvalue weighted by atomic mass is 16.5. The molecule has 0 spiro atoms. The van der Waals surface area contributed by atoms with E-state index in [0.717, 1.165) is 28.1 Å². The van der Waals surface area contributed by atoms with E-state index in [1.165, 1.54) is 0 Å². The Balaban J connectivity index is 1.42. The number of para-hydroxylation sites is 1. The zero-order valence-electron chi connectivity index (χ0n) is 17.8. The summed E-state index contributed by atoms with van der Waals surface area (Å²) >= 11 is 0. The molecule has 0 aliphatic rings. The van der Waals surface area contributed by atoms with Crippen LogP contribution in [0, 0.1) is 0 Å². The number of ether oxygens (including phenoxy) is 1. The van der Waals surface area contributed by atoms with Gasteiger partial charge in [0.15, 0.2) is 0 Å². The van der Waals surface area contributed by atoms with Crippen molar-refractivity contribution in [3.63, 3.8) is 0 Å². The van der Waals surface area contributed by atoms with E-state index in [0.29, 0.717) is 13.2 Å². The summed E-state index contributed by atoms with van der Waals surface area (Å²) in [5.41, 5.74) is 4.02. The van der Waals surface area contributed by atoms with Crippen LogP contribution in [0.1, 0.15) is 16.7 Å². The minimum atomic E-state index is -0.0653. The van der Waals surface area contributed by atoms with Crippen molar-refractivity contribution >= 4 is 17.7 Å². The monoisotopic (exact) mass is 419 g/mol. The molecule has 0 fully saturated rings. The quantitative estimate of drug-likeness (QED) is 0.305. The molecule has 158 valence electrons. The average molecular weight is 420 g/mol. The summed E-state index contributed by atoms with van der Waals surface area (Å²) in [6, 6.07) is 37.6. The Kier molecular flexibility index (Phi) is 7.12. The second kappa shape index (κ2) is 10.8. The molecule has 32 heavy (non-hydrogen) atoms. The van der Waals surface area contributed by atoms with Crippen molar-refractivity contribution < 1.29 is 9.53 Å². The summed E-state index contributed by atoms with van der Waals surface area (Å²) in [5, 5.41) is 0. The van der Waals surface area contributed by atoms with Gasteiger partial charge in [0.05, 0.1) is 6.54 Å². The lowest BCUT2D eigenvalue weighted by atomic mass is 10.1.